The monoisotopic (exact) mass is 285 g/mol. The van der Waals surface area contributed by atoms with Crippen molar-refractivity contribution in [2.45, 2.75) is 45.2 Å². The molecular weight excluding hydrogens is 262 g/mol. The molecular formula is C17H23N3O. The number of nitrogens with zero attached hydrogens (tertiary/aromatic N) is 2. The molecule has 21 heavy (non-hydrogen) atoms. The van der Waals surface area contributed by atoms with E-state index in [1.807, 2.05) is 30.6 Å². The summed E-state index contributed by atoms with van der Waals surface area (Å²) in [6.45, 7) is 2.26. The van der Waals surface area contributed by atoms with E-state index < -0.39 is 0 Å². The Labute approximate surface area is 125 Å². The van der Waals surface area contributed by atoms with Crippen LogP contribution in [0.3, 0.4) is 0 Å². The Hall–Kier alpha value is -1.81. The molecule has 0 fully saturated rings. The van der Waals surface area contributed by atoms with E-state index in [1.54, 1.807) is 0 Å². The van der Waals surface area contributed by atoms with Crippen LogP contribution in [0.2, 0.25) is 0 Å². The number of hydrogen-bond acceptors (Lipinski definition) is 3. The summed E-state index contributed by atoms with van der Waals surface area (Å²) in [6.07, 6.45) is 7.88. The van der Waals surface area contributed by atoms with Gasteiger partial charge in [0.2, 0.25) is 0 Å². The van der Waals surface area contributed by atoms with Crippen molar-refractivity contribution >= 4 is 0 Å². The number of benzene rings is 1. The van der Waals surface area contributed by atoms with Crippen LogP contribution in [-0.2, 0) is 25.9 Å². The highest BCUT2D eigenvalue weighted by molar-refractivity contribution is 5.28. The highest BCUT2D eigenvalue weighted by Crippen LogP contribution is 2.20. The van der Waals surface area contributed by atoms with E-state index in [1.165, 1.54) is 30.7 Å². The third-order valence-electron chi connectivity index (χ3n) is 4.06. The molecule has 0 radical (unpaired) electrons. The first-order valence-electron chi connectivity index (χ1n) is 7.81. The lowest BCUT2D eigenvalue weighted by Crippen LogP contribution is -2.10. The van der Waals surface area contributed by atoms with E-state index in [0.29, 0.717) is 6.54 Å². The van der Waals surface area contributed by atoms with E-state index >= 15 is 0 Å². The number of aromatic nitrogens is 2. The van der Waals surface area contributed by atoms with Crippen LogP contribution in [0.25, 0.3) is 0 Å². The maximum Gasteiger partial charge on any atom is 0.119 e. The van der Waals surface area contributed by atoms with Crippen molar-refractivity contribution in [1.82, 2.24) is 9.55 Å². The summed E-state index contributed by atoms with van der Waals surface area (Å²) in [5.41, 5.74) is 9.48. The summed E-state index contributed by atoms with van der Waals surface area (Å²) < 4.78 is 8.10. The number of ether oxygens (including phenoxy) is 1. The molecule has 4 heteroatoms. The molecule has 2 aromatic rings. The van der Waals surface area contributed by atoms with Crippen molar-refractivity contribution in [2.75, 3.05) is 6.61 Å². The standard InChI is InChI=1S/C17H23N3O/c18-12-14-5-3-6-15(11-14)21-10-4-9-20-13-19-16-7-1-2-8-17(16)20/h3,5-6,11,13H,1-2,4,7-10,12,18H2. The average Bonchev–Trinajstić information content (AvgIpc) is 2.95. The van der Waals surface area contributed by atoms with Gasteiger partial charge in [-0.1, -0.05) is 12.1 Å². The summed E-state index contributed by atoms with van der Waals surface area (Å²) in [5, 5.41) is 0. The summed E-state index contributed by atoms with van der Waals surface area (Å²) >= 11 is 0. The highest BCUT2D eigenvalue weighted by Gasteiger charge is 2.14. The molecule has 1 aliphatic rings. The Morgan fingerprint density at radius 3 is 3.05 bits per heavy atom. The summed E-state index contributed by atoms with van der Waals surface area (Å²) in [7, 11) is 0. The van der Waals surface area contributed by atoms with Crippen LogP contribution in [0, 0.1) is 0 Å². The Balaban J connectivity index is 1.49. The largest absolute Gasteiger partial charge is 0.494 e. The van der Waals surface area contributed by atoms with Crippen LogP contribution in [0.15, 0.2) is 30.6 Å². The van der Waals surface area contributed by atoms with Gasteiger partial charge in [-0.3, -0.25) is 0 Å². The van der Waals surface area contributed by atoms with E-state index in [-0.39, 0.29) is 0 Å². The molecule has 1 aromatic heterocycles. The number of nitrogens with two attached hydrogens (primary N) is 1. The molecule has 0 atom stereocenters. The van der Waals surface area contributed by atoms with Gasteiger partial charge >= 0.3 is 0 Å². The van der Waals surface area contributed by atoms with Gasteiger partial charge in [0, 0.05) is 18.8 Å². The number of imidazole rings is 1. The zero-order valence-electron chi connectivity index (χ0n) is 12.4. The Morgan fingerprint density at radius 2 is 2.14 bits per heavy atom. The van der Waals surface area contributed by atoms with Gasteiger partial charge in [0.15, 0.2) is 0 Å². The Bertz CT molecular complexity index is 591. The zero-order chi connectivity index (χ0) is 14.5. The SMILES string of the molecule is NCc1cccc(OCCCn2cnc3c2CCCC3)c1. The highest BCUT2D eigenvalue weighted by atomic mass is 16.5. The molecule has 1 aliphatic carbocycles. The molecule has 1 aromatic carbocycles. The maximum atomic E-state index is 5.80. The minimum Gasteiger partial charge on any atom is -0.494 e. The predicted molar refractivity (Wildman–Crippen MR) is 83.3 cm³/mol. The molecule has 1 heterocycles. The summed E-state index contributed by atoms with van der Waals surface area (Å²) in [5.74, 6) is 0.908. The number of hydrogen-bond donors (Lipinski definition) is 1. The van der Waals surface area contributed by atoms with E-state index in [4.69, 9.17) is 10.5 Å². The molecule has 4 nitrogen and oxygen atoms in total. The predicted octanol–water partition coefficient (Wildman–Crippen LogP) is 2.69. The first kappa shape index (κ1) is 14.1. The number of fused-ring (bicyclic) bond motifs is 1. The average molecular weight is 285 g/mol. The van der Waals surface area contributed by atoms with Crippen molar-refractivity contribution in [3.8, 4) is 5.75 Å². The van der Waals surface area contributed by atoms with Crippen LogP contribution < -0.4 is 10.5 Å². The quantitative estimate of drug-likeness (QED) is 0.830. The zero-order valence-corrected chi connectivity index (χ0v) is 12.4. The van der Waals surface area contributed by atoms with Crippen molar-refractivity contribution in [2.24, 2.45) is 5.73 Å². The second-order valence-corrected chi connectivity index (χ2v) is 5.59. The fourth-order valence-electron chi connectivity index (χ4n) is 2.91. The lowest BCUT2D eigenvalue weighted by Gasteiger charge is -2.14. The minimum absolute atomic E-state index is 0.554. The lowest BCUT2D eigenvalue weighted by atomic mass is 10.0. The fourth-order valence-corrected chi connectivity index (χ4v) is 2.91. The smallest absolute Gasteiger partial charge is 0.119 e. The van der Waals surface area contributed by atoms with Crippen LogP contribution >= 0.6 is 0 Å². The van der Waals surface area contributed by atoms with Crippen LogP contribution in [-0.4, -0.2) is 16.2 Å². The van der Waals surface area contributed by atoms with Gasteiger partial charge in [-0.15, -0.1) is 0 Å². The molecule has 3 rings (SSSR count). The molecule has 0 saturated carbocycles. The fraction of sp³-hybridized carbons (Fsp3) is 0.471. The van der Waals surface area contributed by atoms with Gasteiger partial charge in [-0.05, 0) is 49.8 Å². The van der Waals surface area contributed by atoms with Crippen LogP contribution in [0.5, 0.6) is 5.75 Å². The molecule has 0 aliphatic heterocycles. The molecule has 2 N–H and O–H groups in total. The topological polar surface area (TPSA) is 53.1 Å². The first-order valence-corrected chi connectivity index (χ1v) is 7.81. The van der Waals surface area contributed by atoms with Crippen molar-refractivity contribution in [3.63, 3.8) is 0 Å². The van der Waals surface area contributed by atoms with E-state index in [9.17, 15) is 0 Å². The van der Waals surface area contributed by atoms with Gasteiger partial charge in [-0.25, -0.2) is 4.98 Å². The normalized spacial score (nSPS) is 14.0. The third-order valence-corrected chi connectivity index (χ3v) is 4.06. The lowest BCUT2D eigenvalue weighted by molar-refractivity contribution is 0.300. The first-order chi connectivity index (χ1) is 10.4. The van der Waals surface area contributed by atoms with Gasteiger partial charge in [0.05, 0.1) is 18.6 Å². The molecule has 0 amide bonds. The molecule has 112 valence electrons. The number of aryl methyl sites for hydroxylation is 2. The Kier molecular flexibility index (Phi) is 4.55. The van der Waals surface area contributed by atoms with Gasteiger partial charge in [0.1, 0.15) is 5.75 Å². The second kappa shape index (κ2) is 6.76. The summed E-state index contributed by atoms with van der Waals surface area (Å²) in [4.78, 5) is 4.52. The number of rotatable bonds is 6. The third kappa shape index (κ3) is 3.45. The van der Waals surface area contributed by atoms with Gasteiger partial charge in [-0.2, -0.15) is 0 Å². The van der Waals surface area contributed by atoms with E-state index in [2.05, 4.69) is 9.55 Å². The molecule has 0 spiro atoms. The second-order valence-electron chi connectivity index (χ2n) is 5.59. The van der Waals surface area contributed by atoms with Gasteiger partial charge in [0.25, 0.3) is 0 Å². The molecule has 0 saturated heterocycles. The molecule has 0 unspecified atom stereocenters. The minimum atomic E-state index is 0.554. The van der Waals surface area contributed by atoms with Crippen molar-refractivity contribution in [3.05, 3.63) is 47.5 Å². The van der Waals surface area contributed by atoms with Crippen LogP contribution in [0.4, 0.5) is 0 Å². The van der Waals surface area contributed by atoms with E-state index in [0.717, 1.165) is 37.3 Å². The van der Waals surface area contributed by atoms with Crippen molar-refractivity contribution < 1.29 is 4.74 Å². The summed E-state index contributed by atoms with van der Waals surface area (Å²) in [6, 6.07) is 8.01. The Morgan fingerprint density at radius 1 is 1.24 bits per heavy atom. The maximum absolute atomic E-state index is 5.80. The molecule has 0 bridgehead atoms. The van der Waals surface area contributed by atoms with Gasteiger partial charge < -0.3 is 15.0 Å². The van der Waals surface area contributed by atoms with Crippen molar-refractivity contribution in [1.29, 1.82) is 0 Å². The van der Waals surface area contributed by atoms with Crippen LogP contribution in [0.1, 0.15) is 36.2 Å².